The number of carbonyl (C=O) groups excluding carboxylic acids is 1. The van der Waals surface area contributed by atoms with Crippen molar-refractivity contribution in [1.82, 2.24) is 29.5 Å². The van der Waals surface area contributed by atoms with Crippen molar-refractivity contribution < 1.29 is 9.53 Å². The number of aryl methyl sites for hydroxylation is 2. The van der Waals surface area contributed by atoms with E-state index in [0.717, 1.165) is 29.4 Å². The molecule has 2 aromatic rings. The minimum atomic E-state index is -0.220. The van der Waals surface area contributed by atoms with Gasteiger partial charge in [0.2, 0.25) is 0 Å². The number of imidazole rings is 1. The van der Waals surface area contributed by atoms with Crippen LogP contribution in [0.5, 0.6) is 0 Å². The zero-order chi connectivity index (χ0) is 19.3. The van der Waals surface area contributed by atoms with Crippen LogP contribution in [0.15, 0.2) is 12.5 Å². The van der Waals surface area contributed by atoms with E-state index in [1.165, 1.54) is 12.8 Å². The first kappa shape index (κ1) is 18.2. The Labute approximate surface area is 168 Å². The molecule has 0 saturated carbocycles. The van der Waals surface area contributed by atoms with Gasteiger partial charge in [-0.2, -0.15) is 0 Å². The van der Waals surface area contributed by atoms with E-state index in [1.54, 1.807) is 23.9 Å². The molecular weight excluding hydrogens is 376 g/mol. The number of morpholine rings is 1. The van der Waals surface area contributed by atoms with Gasteiger partial charge in [0.1, 0.15) is 15.7 Å². The zero-order valence-electron chi connectivity index (χ0n) is 16.4. The Hall–Kier alpha value is -1.84. The van der Waals surface area contributed by atoms with E-state index < -0.39 is 0 Å². The third kappa shape index (κ3) is 3.25. The maximum absolute atomic E-state index is 12.9. The summed E-state index contributed by atoms with van der Waals surface area (Å²) < 4.78 is 8.16. The van der Waals surface area contributed by atoms with E-state index in [2.05, 4.69) is 20.1 Å². The molecule has 8 nitrogen and oxygen atoms in total. The number of hydrogen-bond donors (Lipinski definition) is 0. The van der Waals surface area contributed by atoms with Crippen molar-refractivity contribution in [2.24, 2.45) is 7.05 Å². The summed E-state index contributed by atoms with van der Waals surface area (Å²) in [5, 5.41) is 10.6. The first-order chi connectivity index (χ1) is 13.5. The first-order valence-corrected chi connectivity index (χ1v) is 10.8. The number of piperidine rings is 1. The minimum Gasteiger partial charge on any atom is -0.371 e. The van der Waals surface area contributed by atoms with Crippen LogP contribution in [0.1, 0.15) is 46.2 Å². The largest absolute Gasteiger partial charge is 0.371 e. The van der Waals surface area contributed by atoms with Crippen molar-refractivity contribution in [2.75, 3.05) is 19.7 Å². The fourth-order valence-electron chi connectivity index (χ4n) is 5.16. The SMILES string of the molecule is Cc1nnc(CN2[C@@H]3CC[C@H]2CC2(C3)CN(C(=O)c3cn(C)cn3)CCO2)s1. The molecule has 5 rings (SSSR count). The Morgan fingerprint density at radius 1 is 1.32 bits per heavy atom. The number of carbonyl (C=O) groups is 1. The lowest BCUT2D eigenvalue weighted by Gasteiger charge is -2.50. The number of amides is 1. The quantitative estimate of drug-likeness (QED) is 0.777. The molecule has 28 heavy (non-hydrogen) atoms. The second-order valence-electron chi connectivity index (χ2n) is 8.36. The average Bonchev–Trinajstić information content (AvgIpc) is 3.35. The number of hydrogen-bond acceptors (Lipinski definition) is 7. The van der Waals surface area contributed by atoms with Crippen LogP contribution in [0, 0.1) is 6.92 Å². The van der Waals surface area contributed by atoms with Crippen LogP contribution in [0.2, 0.25) is 0 Å². The summed E-state index contributed by atoms with van der Waals surface area (Å²) in [6, 6.07) is 0.987. The zero-order valence-corrected chi connectivity index (χ0v) is 17.2. The van der Waals surface area contributed by atoms with Crippen LogP contribution in [0.4, 0.5) is 0 Å². The van der Waals surface area contributed by atoms with Crippen molar-refractivity contribution in [3.05, 3.63) is 28.2 Å². The Kier molecular flexibility index (Phi) is 4.48. The van der Waals surface area contributed by atoms with Crippen LogP contribution in [0.3, 0.4) is 0 Å². The highest BCUT2D eigenvalue weighted by molar-refractivity contribution is 7.11. The Balaban J connectivity index is 1.29. The monoisotopic (exact) mass is 402 g/mol. The van der Waals surface area contributed by atoms with Crippen molar-refractivity contribution in [3.63, 3.8) is 0 Å². The molecule has 2 bridgehead atoms. The third-order valence-corrected chi connectivity index (χ3v) is 7.16. The summed E-state index contributed by atoms with van der Waals surface area (Å²) >= 11 is 1.69. The molecular formula is C19H26N6O2S. The maximum atomic E-state index is 12.9. The topological polar surface area (TPSA) is 76.4 Å². The lowest BCUT2D eigenvalue weighted by Crippen LogP contribution is -2.60. The van der Waals surface area contributed by atoms with E-state index in [1.807, 2.05) is 23.4 Å². The highest BCUT2D eigenvalue weighted by atomic mass is 32.1. The molecule has 150 valence electrons. The summed E-state index contributed by atoms with van der Waals surface area (Å²) in [6.07, 6.45) is 7.82. The molecule has 1 unspecified atom stereocenters. The molecule has 5 heterocycles. The third-order valence-electron chi connectivity index (χ3n) is 6.33. The molecule has 3 atom stereocenters. The van der Waals surface area contributed by atoms with Gasteiger partial charge >= 0.3 is 0 Å². The molecule has 3 saturated heterocycles. The van der Waals surface area contributed by atoms with Crippen molar-refractivity contribution in [1.29, 1.82) is 0 Å². The molecule has 2 aromatic heterocycles. The van der Waals surface area contributed by atoms with Crippen LogP contribution >= 0.6 is 11.3 Å². The standard InChI is InChI=1S/C19H26N6O2S/c1-13-21-22-17(28-13)10-25-14-3-4-15(25)8-19(7-14)11-24(5-6-27-19)18(26)16-9-23(2)12-20-16/h9,12,14-15H,3-8,10-11H2,1-2H3/t14-,15+,19?. The fraction of sp³-hybridized carbons (Fsp3) is 0.684. The summed E-state index contributed by atoms with van der Waals surface area (Å²) in [4.78, 5) is 21.7. The minimum absolute atomic E-state index is 0.0161. The van der Waals surface area contributed by atoms with Crippen LogP contribution in [-0.2, 0) is 18.3 Å². The van der Waals surface area contributed by atoms with Crippen LogP contribution in [-0.4, -0.2) is 72.8 Å². The normalized spacial score (nSPS) is 30.3. The number of ether oxygens (including phenoxy) is 1. The predicted molar refractivity (Wildman–Crippen MR) is 104 cm³/mol. The number of rotatable bonds is 3. The first-order valence-electron chi connectivity index (χ1n) is 9.97. The fourth-order valence-corrected chi connectivity index (χ4v) is 5.88. The summed E-state index contributed by atoms with van der Waals surface area (Å²) in [5.74, 6) is 0.0161. The van der Waals surface area contributed by atoms with E-state index in [4.69, 9.17) is 4.74 Å². The maximum Gasteiger partial charge on any atom is 0.274 e. The second-order valence-corrected chi connectivity index (χ2v) is 9.63. The molecule has 0 aliphatic carbocycles. The van der Waals surface area contributed by atoms with Gasteiger partial charge < -0.3 is 14.2 Å². The second kappa shape index (κ2) is 6.89. The number of aromatic nitrogens is 4. The van der Waals surface area contributed by atoms with Crippen LogP contribution < -0.4 is 0 Å². The van der Waals surface area contributed by atoms with Gasteiger partial charge in [-0.3, -0.25) is 9.69 Å². The van der Waals surface area contributed by atoms with E-state index in [-0.39, 0.29) is 11.5 Å². The number of fused-ring (bicyclic) bond motifs is 2. The molecule has 9 heteroatoms. The van der Waals surface area contributed by atoms with E-state index >= 15 is 0 Å². The summed E-state index contributed by atoms with van der Waals surface area (Å²) in [6.45, 7) is 4.80. The molecule has 3 fully saturated rings. The summed E-state index contributed by atoms with van der Waals surface area (Å²) in [5.41, 5.74) is 0.300. The van der Waals surface area contributed by atoms with Gasteiger partial charge in [0, 0.05) is 31.9 Å². The van der Waals surface area contributed by atoms with E-state index in [0.29, 0.717) is 37.5 Å². The van der Waals surface area contributed by atoms with Gasteiger partial charge in [-0.15, -0.1) is 21.5 Å². The van der Waals surface area contributed by atoms with Gasteiger partial charge in [-0.25, -0.2) is 4.98 Å². The molecule has 3 aliphatic rings. The molecule has 0 aromatic carbocycles. The van der Waals surface area contributed by atoms with Crippen LogP contribution in [0.25, 0.3) is 0 Å². The molecule has 3 aliphatic heterocycles. The summed E-state index contributed by atoms with van der Waals surface area (Å²) in [7, 11) is 1.89. The lowest BCUT2D eigenvalue weighted by atomic mass is 9.84. The smallest absolute Gasteiger partial charge is 0.274 e. The molecule has 0 radical (unpaired) electrons. The molecule has 0 N–H and O–H groups in total. The van der Waals surface area contributed by atoms with Crippen molar-refractivity contribution >= 4 is 17.2 Å². The highest BCUT2D eigenvalue weighted by Crippen LogP contribution is 2.44. The van der Waals surface area contributed by atoms with Crippen molar-refractivity contribution in [2.45, 2.75) is 56.8 Å². The van der Waals surface area contributed by atoms with Gasteiger partial charge in [-0.1, -0.05) is 0 Å². The van der Waals surface area contributed by atoms with E-state index in [9.17, 15) is 4.79 Å². The van der Waals surface area contributed by atoms with Gasteiger partial charge in [0.15, 0.2) is 0 Å². The Morgan fingerprint density at radius 3 is 2.75 bits per heavy atom. The predicted octanol–water partition coefficient (Wildman–Crippen LogP) is 1.62. The number of nitrogens with zero attached hydrogens (tertiary/aromatic N) is 6. The van der Waals surface area contributed by atoms with Gasteiger partial charge in [0.05, 0.1) is 31.6 Å². The Bertz CT molecular complexity index is 865. The van der Waals surface area contributed by atoms with Gasteiger partial charge in [0.25, 0.3) is 5.91 Å². The molecule has 1 spiro atoms. The van der Waals surface area contributed by atoms with Crippen molar-refractivity contribution in [3.8, 4) is 0 Å². The molecule has 1 amide bonds. The highest BCUT2D eigenvalue weighted by Gasteiger charge is 2.51. The average molecular weight is 403 g/mol. The van der Waals surface area contributed by atoms with Gasteiger partial charge in [-0.05, 0) is 32.6 Å². The Morgan fingerprint density at radius 2 is 2.11 bits per heavy atom. The lowest BCUT2D eigenvalue weighted by molar-refractivity contribution is -0.143.